The SMILES string of the molecule is O=C(Cc1ccccc1[N+](=O)[O-])N1CCCCC(c2ccc(Cl)cc2)C1. The zero-order valence-corrected chi connectivity index (χ0v) is 15.2. The maximum Gasteiger partial charge on any atom is 0.273 e. The van der Waals surface area contributed by atoms with Crippen molar-refractivity contribution in [2.24, 2.45) is 0 Å². The summed E-state index contributed by atoms with van der Waals surface area (Å²) in [4.78, 5) is 25.4. The standard InChI is InChI=1S/C20H21ClN2O3/c21-18-10-8-15(9-11-18)17-6-3-4-12-22(14-17)20(24)13-16-5-1-2-7-19(16)23(25)26/h1-2,5,7-11,17H,3-4,6,12-14H2. The first-order valence-electron chi connectivity index (χ1n) is 8.80. The molecular weight excluding hydrogens is 352 g/mol. The average Bonchev–Trinajstić information content (AvgIpc) is 2.89. The molecule has 1 atom stereocenters. The lowest BCUT2D eigenvalue weighted by molar-refractivity contribution is -0.385. The molecule has 0 saturated carbocycles. The molecule has 0 bridgehead atoms. The molecule has 136 valence electrons. The van der Waals surface area contributed by atoms with Gasteiger partial charge in [-0.25, -0.2) is 0 Å². The highest BCUT2D eigenvalue weighted by atomic mass is 35.5. The van der Waals surface area contributed by atoms with E-state index in [1.807, 2.05) is 29.2 Å². The van der Waals surface area contributed by atoms with Gasteiger partial charge >= 0.3 is 0 Å². The zero-order valence-electron chi connectivity index (χ0n) is 14.4. The predicted octanol–water partition coefficient (Wildman–Crippen LogP) is 4.59. The van der Waals surface area contributed by atoms with Crippen molar-refractivity contribution in [2.75, 3.05) is 13.1 Å². The average molecular weight is 373 g/mol. The van der Waals surface area contributed by atoms with Gasteiger partial charge in [-0.2, -0.15) is 0 Å². The van der Waals surface area contributed by atoms with Crippen molar-refractivity contribution in [1.29, 1.82) is 0 Å². The molecule has 2 aromatic carbocycles. The molecule has 1 fully saturated rings. The van der Waals surface area contributed by atoms with Crippen LogP contribution in [0.5, 0.6) is 0 Å². The minimum absolute atomic E-state index is 0.00456. The lowest BCUT2D eigenvalue weighted by atomic mass is 9.94. The molecule has 6 heteroatoms. The third-order valence-electron chi connectivity index (χ3n) is 4.90. The van der Waals surface area contributed by atoms with Gasteiger partial charge in [-0.3, -0.25) is 14.9 Å². The number of amides is 1. The van der Waals surface area contributed by atoms with Crippen molar-refractivity contribution in [3.63, 3.8) is 0 Å². The molecule has 5 nitrogen and oxygen atoms in total. The van der Waals surface area contributed by atoms with Crippen molar-refractivity contribution in [3.05, 3.63) is 74.8 Å². The summed E-state index contributed by atoms with van der Waals surface area (Å²) in [5.74, 6) is 0.213. The van der Waals surface area contributed by atoms with Crippen LogP contribution in [0.25, 0.3) is 0 Å². The van der Waals surface area contributed by atoms with E-state index in [0.29, 0.717) is 23.7 Å². The van der Waals surface area contributed by atoms with Gasteiger partial charge in [0.1, 0.15) is 0 Å². The van der Waals surface area contributed by atoms with Crippen molar-refractivity contribution < 1.29 is 9.72 Å². The zero-order chi connectivity index (χ0) is 18.5. The number of nitro benzene ring substituents is 1. The molecule has 0 radical (unpaired) electrons. The molecule has 0 spiro atoms. The first-order valence-corrected chi connectivity index (χ1v) is 9.18. The van der Waals surface area contributed by atoms with Gasteiger partial charge in [0.05, 0.1) is 11.3 Å². The molecule has 0 aliphatic carbocycles. The maximum atomic E-state index is 12.8. The molecule has 1 heterocycles. The van der Waals surface area contributed by atoms with Crippen LogP contribution < -0.4 is 0 Å². The van der Waals surface area contributed by atoms with Crippen LogP contribution in [-0.2, 0) is 11.2 Å². The molecule has 1 aliphatic heterocycles. The number of nitro groups is 1. The Bertz CT molecular complexity index is 792. The fourth-order valence-corrected chi connectivity index (χ4v) is 3.61. The second-order valence-electron chi connectivity index (χ2n) is 6.65. The van der Waals surface area contributed by atoms with Gasteiger partial charge < -0.3 is 4.90 Å². The summed E-state index contributed by atoms with van der Waals surface area (Å²) >= 11 is 5.97. The van der Waals surface area contributed by atoms with E-state index >= 15 is 0 Å². The first kappa shape index (κ1) is 18.4. The van der Waals surface area contributed by atoms with Crippen LogP contribution in [0.4, 0.5) is 5.69 Å². The van der Waals surface area contributed by atoms with E-state index in [9.17, 15) is 14.9 Å². The molecule has 3 rings (SSSR count). The highest BCUT2D eigenvalue weighted by Crippen LogP contribution is 2.28. The van der Waals surface area contributed by atoms with E-state index < -0.39 is 4.92 Å². The number of para-hydroxylation sites is 1. The fourth-order valence-electron chi connectivity index (χ4n) is 3.49. The highest BCUT2D eigenvalue weighted by molar-refractivity contribution is 6.30. The van der Waals surface area contributed by atoms with Gasteiger partial charge in [-0.05, 0) is 30.5 Å². The quantitative estimate of drug-likeness (QED) is 0.582. The molecule has 26 heavy (non-hydrogen) atoms. The van der Waals surface area contributed by atoms with Crippen LogP contribution >= 0.6 is 11.6 Å². The van der Waals surface area contributed by atoms with Gasteiger partial charge in [0.2, 0.25) is 5.91 Å². The fraction of sp³-hybridized carbons (Fsp3) is 0.350. The smallest absolute Gasteiger partial charge is 0.273 e. The van der Waals surface area contributed by atoms with Gasteiger partial charge in [-0.1, -0.05) is 48.4 Å². The normalized spacial score (nSPS) is 17.6. The van der Waals surface area contributed by atoms with Crippen molar-refractivity contribution in [1.82, 2.24) is 4.90 Å². The Morgan fingerprint density at radius 1 is 1.15 bits per heavy atom. The van der Waals surface area contributed by atoms with E-state index in [-0.39, 0.29) is 23.9 Å². The number of hydrogen-bond donors (Lipinski definition) is 0. The summed E-state index contributed by atoms with van der Waals surface area (Å²) in [5.41, 5.74) is 1.65. The molecule has 1 aliphatic rings. The Labute approximate surface area is 157 Å². The number of nitrogens with zero attached hydrogens (tertiary/aromatic N) is 2. The Kier molecular flexibility index (Phi) is 5.89. The van der Waals surface area contributed by atoms with Crippen LogP contribution in [0.2, 0.25) is 5.02 Å². The second kappa shape index (κ2) is 8.32. The number of benzene rings is 2. The third-order valence-corrected chi connectivity index (χ3v) is 5.15. The first-order chi connectivity index (χ1) is 12.5. The van der Waals surface area contributed by atoms with Gasteiger partial charge in [-0.15, -0.1) is 0 Å². The molecule has 1 unspecified atom stereocenters. The topological polar surface area (TPSA) is 63.4 Å². The van der Waals surface area contributed by atoms with E-state index in [2.05, 4.69) is 0 Å². The number of halogens is 1. The molecule has 2 aromatic rings. The Morgan fingerprint density at radius 3 is 2.62 bits per heavy atom. The molecular formula is C20H21ClN2O3. The molecule has 0 aromatic heterocycles. The predicted molar refractivity (Wildman–Crippen MR) is 101 cm³/mol. The van der Waals surface area contributed by atoms with E-state index in [1.54, 1.807) is 18.2 Å². The van der Waals surface area contributed by atoms with Crippen molar-refractivity contribution in [2.45, 2.75) is 31.6 Å². The van der Waals surface area contributed by atoms with Crippen LogP contribution in [0.1, 0.15) is 36.3 Å². The number of carbonyl (C=O) groups is 1. The molecule has 1 saturated heterocycles. The third kappa shape index (κ3) is 4.41. The number of carbonyl (C=O) groups excluding carboxylic acids is 1. The van der Waals surface area contributed by atoms with E-state index in [1.165, 1.54) is 11.6 Å². The molecule has 0 N–H and O–H groups in total. The van der Waals surface area contributed by atoms with Gasteiger partial charge in [0.15, 0.2) is 0 Å². The van der Waals surface area contributed by atoms with Crippen LogP contribution in [0.15, 0.2) is 48.5 Å². The van der Waals surface area contributed by atoms with Crippen LogP contribution in [-0.4, -0.2) is 28.8 Å². The summed E-state index contributed by atoms with van der Waals surface area (Å²) in [6.45, 7) is 1.34. The van der Waals surface area contributed by atoms with E-state index in [0.717, 1.165) is 19.3 Å². The van der Waals surface area contributed by atoms with Crippen LogP contribution in [0, 0.1) is 10.1 Å². The minimum atomic E-state index is -0.429. The summed E-state index contributed by atoms with van der Waals surface area (Å²) in [6, 6.07) is 14.2. The lowest BCUT2D eigenvalue weighted by Crippen LogP contribution is -2.35. The number of likely N-dealkylation sites (tertiary alicyclic amines) is 1. The highest BCUT2D eigenvalue weighted by Gasteiger charge is 2.25. The lowest BCUT2D eigenvalue weighted by Gasteiger charge is -2.25. The van der Waals surface area contributed by atoms with Gasteiger partial charge in [0.25, 0.3) is 5.69 Å². The van der Waals surface area contributed by atoms with Crippen molar-refractivity contribution >= 4 is 23.2 Å². The molecule has 1 amide bonds. The second-order valence-corrected chi connectivity index (χ2v) is 7.08. The number of rotatable bonds is 4. The largest absolute Gasteiger partial charge is 0.342 e. The Balaban J connectivity index is 1.74. The Hall–Kier alpha value is -2.40. The van der Waals surface area contributed by atoms with Gasteiger partial charge in [0, 0.05) is 35.7 Å². The summed E-state index contributed by atoms with van der Waals surface area (Å²) < 4.78 is 0. The van der Waals surface area contributed by atoms with Crippen LogP contribution in [0.3, 0.4) is 0 Å². The van der Waals surface area contributed by atoms with E-state index in [4.69, 9.17) is 11.6 Å². The monoisotopic (exact) mass is 372 g/mol. The summed E-state index contributed by atoms with van der Waals surface area (Å²) in [6.07, 6.45) is 3.09. The minimum Gasteiger partial charge on any atom is -0.342 e. The maximum absolute atomic E-state index is 12.8. The summed E-state index contributed by atoms with van der Waals surface area (Å²) in [5, 5.41) is 11.9. The Morgan fingerprint density at radius 2 is 1.88 bits per heavy atom. The summed E-state index contributed by atoms with van der Waals surface area (Å²) in [7, 11) is 0. The number of hydrogen-bond acceptors (Lipinski definition) is 3. The van der Waals surface area contributed by atoms with Crippen molar-refractivity contribution in [3.8, 4) is 0 Å².